The van der Waals surface area contributed by atoms with Crippen molar-refractivity contribution >= 4 is 65.9 Å². The third-order valence-electron chi connectivity index (χ3n) is 9.79. The Kier molecular flexibility index (Phi) is 16.2. The summed E-state index contributed by atoms with van der Waals surface area (Å²) in [6, 6.07) is 0. The number of hydrogen-bond acceptors (Lipinski definition) is 23. The number of phosphoric acid groups is 4. The Morgan fingerprint density at radius 1 is 0.896 bits per heavy atom. The van der Waals surface area contributed by atoms with Gasteiger partial charge in [0.2, 0.25) is 11.7 Å². The van der Waals surface area contributed by atoms with Gasteiger partial charge in [0.25, 0.3) is 11.5 Å². The van der Waals surface area contributed by atoms with Crippen LogP contribution in [0.25, 0.3) is 16.9 Å². The molecule has 3 aromatic rings. The number of aliphatic imine (C=N–C) groups is 1. The van der Waals surface area contributed by atoms with Crippen molar-refractivity contribution in [1.29, 1.82) is 0 Å². The lowest BCUT2D eigenvalue weighted by Gasteiger charge is -2.28. The molecular formula is C30H49N10O23P4+. The minimum absolute atomic E-state index is 0.00302. The van der Waals surface area contributed by atoms with Gasteiger partial charge in [0.05, 0.1) is 51.6 Å². The first-order valence-corrected chi connectivity index (χ1v) is 25.3. The maximum absolute atomic E-state index is 13.3. The number of nitrogens with zero attached hydrogens (tertiary/aromatic N) is 6. The number of aliphatic hydroxyl groups excluding tert-OH is 2. The smallest absolute Gasteiger partial charge is 0.387 e. The summed E-state index contributed by atoms with van der Waals surface area (Å²) in [5.41, 5.74) is 11.5. The third-order valence-corrected chi connectivity index (χ3v) is 12.8. The quantitative estimate of drug-likeness (QED) is 0.0355. The van der Waals surface area contributed by atoms with Crippen molar-refractivity contribution in [1.82, 2.24) is 29.4 Å². The maximum atomic E-state index is 13.3. The minimum Gasteiger partial charge on any atom is -0.387 e. The zero-order valence-electron chi connectivity index (χ0n) is 35.4. The number of nitrogens with one attached hydrogen (secondary N) is 2. The van der Waals surface area contributed by atoms with Crippen molar-refractivity contribution in [3.63, 3.8) is 0 Å². The van der Waals surface area contributed by atoms with E-state index in [-0.39, 0.29) is 28.9 Å². The number of guanidine groups is 1. The largest absolute Gasteiger partial charge is 0.472 e. The molecule has 0 saturated carbocycles. The second kappa shape index (κ2) is 20.5. The van der Waals surface area contributed by atoms with Gasteiger partial charge in [-0.1, -0.05) is 11.6 Å². The van der Waals surface area contributed by atoms with Crippen LogP contribution in [0.2, 0.25) is 0 Å². The number of phosphoric ester groups is 4. The molecule has 67 heavy (non-hydrogen) atoms. The Morgan fingerprint density at radius 2 is 1.48 bits per heavy atom. The van der Waals surface area contributed by atoms with E-state index in [0.717, 1.165) is 4.57 Å². The Hall–Kier alpha value is -3.43. The predicted octanol–water partition coefficient (Wildman–Crippen LogP) is -2.90. The molecule has 0 aromatic carbocycles. The lowest BCUT2D eigenvalue weighted by Crippen LogP contribution is -2.46. The lowest BCUT2D eigenvalue weighted by molar-refractivity contribution is -0.745. The first-order chi connectivity index (χ1) is 31.1. The summed E-state index contributed by atoms with van der Waals surface area (Å²) in [6.07, 6.45) is -13.7. The molecule has 3 aliphatic heterocycles. The fourth-order valence-electron chi connectivity index (χ4n) is 7.08. The number of imidazole rings is 2. The summed E-state index contributed by atoms with van der Waals surface area (Å²) in [5, 5.41) is 24.2. The molecule has 2 unspecified atom stereocenters. The lowest BCUT2D eigenvalue weighted by atomic mass is 10.1. The number of aryl methyl sites for hydroxylation is 1. The predicted molar refractivity (Wildman–Crippen MR) is 220 cm³/mol. The van der Waals surface area contributed by atoms with E-state index >= 15 is 0 Å². The molecule has 14 N–H and O–H groups in total. The van der Waals surface area contributed by atoms with E-state index in [0.29, 0.717) is 11.4 Å². The van der Waals surface area contributed by atoms with Crippen LogP contribution < -0.4 is 26.9 Å². The zero-order valence-corrected chi connectivity index (χ0v) is 38.9. The molecule has 6 rings (SSSR count). The molecular weight excluding hydrogens is 992 g/mol. The van der Waals surface area contributed by atoms with Crippen LogP contribution in [0.1, 0.15) is 32.0 Å². The summed E-state index contributed by atoms with van der Waals surface area (Å²) in [6.45, 7) is 2.41. The molecule has 12 atom stereocenters. The highest BCUT2D eigenvalue weighted by atomic mass is 31.2. The van der Waals surface area contributed by atoms with Crippen LogP contribution in [0.4, 0.5) is 11.8 Å². The second-order valence-corrected chi connectivity index (χ2v) is 20.3. The van der Waals surface area contributed by atoms with Gasteiger partial charge in [0.1, 0.15) is 54.5 Å². The van der Waals surface area contributed by atoms with Crippen LogP contribution in [0.3, 0.4) is 0 Å². The number of ether oxygens (including phenoxy) is 4. The van der Waals surface area contributed by atoms with Crippen LogP contribution in [-0.2, 0) is 71.4 Å². The Labute approximate surface area is 376 Å². The highest BCUT2D eigenvalue weighted by molar-refractivity contribution is 7.48. The van der Waals surface area contributed by atoms with Crippen LogP contribution >= 0.6 is 31.3 Å². The third kappa shape index (κ3) is 12.9. The summed E-state index contributed by atoms with van der Waals surface area (Å²) in [5.74, 6) is -0.0754. The second-order valence-electron chi connectivity index (χ2n) is 15.0. The molecule has 2 fully saturated rings. The fourth-order valence-corrected chi connectivity index (χ4v) is 9.67. The van der Waals surface area contributed by atoms with Crippen molar-refractivity contribution < 1.29 is 108 Å². The van der Waals surface area contributed by atoms with Gasteiger partial charge in [-0.15, -0.1) is 0 Å². The molecule has 0 bridgehead atoms. The van der Waals surface area contributed by atoms with Gasteiger partial charge >= 0.3 is 36.9 Å². The van der Waals surface area contributed by atoms with Gasteiger partial charge in [0, 0.05) is 7.11 Å². The highest BCUT2D eigenvalue weighted by Gasteiger charge is 2.50. The fraction of sp³-hybridized carbons (Fsp3) is 0.633. The van der Waals surface area contributed by atoms with Crippen molar-refractivity contribution in [2.24, 2.45) is 17.8 Å². The van der Waals surface area contributed by atoms with Gasteiger partial charge in [-0.25, -0.2) is 27.8 Å². The van der Waals surface area contributed by atoms with E-state index in [1.165, 1.54) is 35.9 Å². The van der Waals surface area contributed by atoms with E-state index in [1.807, 2.05) is 0 Å². The van der Waals surface area contributed by atoms with Crippen molar-refractivity contribution in [3.8, 4) is 0 Å². The molecule has 33 nitrogen and oxygen atoms in total. The van der Waals surface area contributed by atoms with Crippen LogP contribution in [0.15, 0.2) is 29.0 Å². The molecule has 3 aromatic heterocycles. The molecule has 6 heterocycles. The van der Waals surface area contributed by atoms with E-state index in [2.05, 4.69) is 40.9 Å². The summed E-state index contributed by atoms with van der Waals surface area (Å²) in [4.78, 5) is 87.0. The van der Waals surface area contributed by atoms with Crippen molar-refractivity contribution in [2.45, 2.75) is 81.2 Å². The number of aromatic nitrogens is 6. The van der Waals surface area contributed by atoms with Crippen LogP contribution in [0.5, 0.6) is 0 Å². The zero-order chi connectivity index (χ0) is 49.6. The number of aromatic amines is 1. The van der Waals surface area contributed by atoms with Crippen molar-refractivity contribution in [2.75, 3.05) is 39.3 Å². The summed E-state index contributed by atoms with van der Waals surface area (Å²) in [7, 11) is -19.5. The number of rotatable bonds is 22. The molecule has 0 amide bonds. The van der Waals surface area contributed by atoms with Gasteiger partial charge in [-0.05, 0) is 13.8 Å². The first kappa shape index (κ1) is 52.9. The summed E-state index contributed by atoms with van der Waals surface area (Å²) >= 11 is 0. The topological polar surface area (TPSA) is 471 Å². The average molecular weight is 1040 g/mol. The van der Waals surface area contributed by atoms with Crippen molar-refractivity contribution in [3.05, 3.63) is 35.3 Å². The van der Waals surface area contributed by atoms with E-state index in [1.54, 1.807) is 13.8 Å². The molecule has 3 aliphatic rings. The number of hydrogen-bond donors (Lipinski definition) is 12. The van der Waals surface area contributed by atoms with Crippen LogP contribution in [-0.4, -0.2) is 158 Å². The SMILES string of the molecule is C=C1NC(N)=Nc2c1ncn2[C@@H]1O[C@H](COP(=O)(O)OC[C@@H](OP(=O)(O)O)[C@@H](COP(=O)(O)OC[C@H]2O[C@@H]([n+]3cn(C)c4c(=O)[nH]c(N)nc43)[C@H](O)[C@@H]2O)OP(=O)(O)O)[C@@H](OC(C)C)[C@H]1OC. The number of nitrogens with two attached hydrogens (primary N) is 2. The minimum atomic E-state index is -5.72. The standard InChI is InChI=1S/C30H48N10O23P4/c1-12(2)59-22-17(61-28(23(22)54-5)39-10-33-18-13(3)34-29(31)35-24(18)39)9-58-67(52,53)56-7-15(63-65(47,48)49)14(62-64(44,45)46)6-55-66(50,51)57-8-16-20(41)21(42)27(60-16)40-11-38(4)19-25(40)36-30(32)37-26(19)43/h10-12,14-17,20-23,27-28,41-42H,3,6-9H2,1-2,4-5H3,(H11-,31,32,34,35,36,37,43,44,45,46,47,48,49,50,51,52,53)/p+1/t14-,15-,16-,17-,20-,21-,22-,23-,27-,28-/m1/s1. The Bertz CT molecular complexity index is 2580. The molecule has 0 aliphatic carbocycles. The number of H-pyrrole nitrogens is 1. The first-order valence-electron chi connectivity index (χ1n) is 19.3. The number of aliphatic hydroxyl groups is 2. The van der Waals surface area contributed by atoms with Gasteiger partial charge in [-0.2, -0.15) is 4.99 Å². The van der Waals surface area contributed by atoms with Gasteiger partial charge in [0.15, 0.2) is 24.3 Å². The molecule has 37 heteroatoms. The summed E-state index contributed by atoms with van der Waals surface area (Å²) < 4.78 is 106. The number of nitrogen functional groups attached to an aromatic ring is 1. The number of anilines is 1. The molecule has 376 valence electrons. The average Bonchev–Trinajstić information content (AvgIpc) is 3.94. The molecule has 0 spiro atoms. The van der Waals surface area contributed by atoms with Gasteiger partial charge < -0.3 is 75.3 Å². The Morgan fingerprint density at radius 3 is 2.03 bits per heavy atom. The monoisotopic (exact) mass is 1040 g/mol. The molecule has 2 saturated heterocycles. The molecule has 0 radical (unpaired) electrons. The maximum Gasteiger partial charge on any atom is 0.472 e. The Balaban J connectivity index is 1.12. The van der Waals surface area contributed by atoms with Crippen LogP contribution in [0, 0.1) is 0 Å². The van der Waals surface area contributed by atoms with E-state index in [9.17, 15) is 62.6 Å². The number of fused-ring (bicyclic) bond motifs is 2. The number of methoxy groups -OCH3 is 1. The van der Waals surface area contributed by atoms with E-state index < -0.39 is 131 Å². The van der Waals surface area contributed by atoms with E-state index in [4.69, 9.17) is 48.5 Å². The van der Waals surface area contributed by atoms with Gasteiger partial charge in [-0.3, -0.25) is 46.1 Å². The highest BCUT2D eigenvalue weighted by Crippen LogP contribution is 2.50. The normalized spacial score (nSPS) is 27.4.